The van der Waals surface area contributed by atoms with Crippen molar-refractivity contribution in [3.8, 4) is 5.88 Å². The number of rotatable bonds is 3. The van der Waals surface area contributed by atoms with E-state index in [9.17, 15) is 22.0 Å². The highest BCUT2D eigenvalue weighted by Gasteiger charge is 2.41. The van der Waals surface area contributed by atoms with Crippen molar-refractivity contribution in [3.63, 3.8) is 0 Å². The van der Waals surface area contributed by atoms with Gasteiger partial charge in [0.15, 0.2) is 0 Å². The molecule has 0 atom stereocenters. The molecule has 1 aromatic heterocycles. The maximum Gasteiger partial charge on any atom is 0.267 e. The number of ether oxygens (including phenoxy) is 1. The molecule has 2 aromatic rings. The van der Waals surface area contributed by atoms with Gasteiger partial charge in [0.25, 0.3) is 21.9 Å². The first-order chi connectivity index (χ1) is 14.1. The van der Waals surface area contributed by atoms with E-state index in [1.165, 1.54) is 30.5 Å². The smallest absolute Gasteiger partial charge is 0.267 e. The molecule has 0 N–H and O–H groups in total. The third kappa shape index (κ3) is 3.69. The minimum atomic E-state index is -3.98. The number of fused-ring (bicyclic) bond motifs is 1. The molecule has 1 amide bonds. The molecule has 2 aliphatic rings. The first-order valence-corrected chi connectivity index (χ1v) is 11.0. The minimum absolute atomic E-state index is 0.0120. The largest absolute Gasteiger partial charge is 0.474 e. The molecule has 1 fully saturated rings. The molecule has 0 bridgehead atoms. The molecule has 160 valence electrons. The number of sulfonamides is 1. The molecular weight excluding hydrogens is 440 g/mol. The number of benzene rings is 1. The van der Waals surface area contributed by atoms with Crippen molar-refractivity contribution in [2.24, 2.45) is 0 Å². The SMILES string of the molecule is Cc1cc(S(=O)(=O)N2CCOc3ncc(C(=O)N4CCC(F)(F)C4)cc32)ccc1Cl. The lowest BCUT2D eigenvalue weighted by Crippen LogP contribution is -2.38. The third-order valence-corrected chi connectivity index (χ3v) is 7.29. The number of pyridine rings is 1. The fourth-order valence-corrected chi connectivity index (χ4v) is 5.08. The van der Waals surface area contributed by atoms with Crippen LogP contribution in [0.2, 0.25) is 5.02 Å². The summed E-state index contributed by atoms with van der Waals surface area (Å²) in [5.74, 6) is -3.51. The summed E-state index contributed by atoms with van der Waals surface area (Å²) in [7, 11) is -3.98. The summed E-state index contributed by atoms with van der Waals surface area (Å²) in [6.07, 6.45) is 0.802. The van der Waals surface area contributed by atoms with Crippen LogP contribution in [-0.2, 0) is 10.0 Å². The van der Waals surface area contributed by atoms with Crippen molar-refractivity contribution < 1.29 is 26.7 Å². The molecule has 0 aliphatic carbocycles. The highest BCUT2D eigenvalue weighted by atomic mass is 35.5. The number of anilines is 1. The number of hydrogen-bond donors (Lipinski definition) is 0. The molecule has 0 radical (unpaired) electrons. The second-order valence-corrected chi connectivity index (χ2v) is 9.49. The van der Waals surface area contributed by atoms with Crippen molar-refractivity contribution >= 4 is 33.2 Å². The summed E-state index contributed by atoms with van der Waals surface area (Å²) in [5, 5.41) is 0.438. The van der Waals surface area contributed by atoms with E-state index in [-0.39, 0.29) is 41.7 Å². The summed E-state index contributed by atoms with van der Waals surface area (Å²) < 4.78 is 60.0. The molecule has 0 saturated carbocycles. The molecule has 1 aromatic carbocycles. The molecule has 7 nitrogen and oxygen atoms in total. The molecule has 11 heteroatoms. The Morgan fingerprint density at radius 2 is 2.03 bits per heavy atom. The topological polar surface area (TPSA) is 79.8 Å². The monoisotopic (exact) mass is 457 g/mol. The quantitative estimate of drug-likeness (QED) is 0.707. The normalized spacial score (nSPS) is 18.1. The average molecular weight is 458 g/mol. The number of carbonyl (C=O) groups excluding carboxylic acids is 1. The lowest BCUT2D eigenvalue weighted by molar-refractivity contribution is 0.0120. The van der Waals surface area contributed by atoms with Crippen LogP contribution in [0.15, 0.2) is 35.4 Å². The minimum Gasteiger partial charge on any atom is -0.474 e. The molecular formula is C19H18ClF2N3O4S. The number of likely N-dealkylation sites (tertiary alicyclic amines) is 1. The Labute approximate surface area is 177 Å². The van der Waals surface area contributed by atoms with Gasteiger partial charge >= 0.3 is 0 Å². The zero-order valence-electron chi connectivity index (χ0n) is 15.9. The maximum atomic E-state index is 13.5. The lowest BCUT2D eigenvalue weighted by atomic mass is 10.2. The third-order valence-electron chi connectivity index (χ3n) is 5.06. The van der Waals surface area contributed by atoms with Gasteiger partial charge < -0.3 is 9.64 Å². The molecule has 2 aliphatic heterocycles. The second kappa shape index (κ2) is 7.35. The number of halogens is 3. The van der Waals surface area contributed by atoms with E-state index in [1.54, 1.807) is 6.92 Å². The van der Waals surface area contributed by atoms with Gasteiger partial charge in [-0.2, -0.15) is 0 Å². The molecule has 3 heterocycles. The lowest BCUT2D eigenvalue weighted by Gasteiger charge is -2.30. The summed E-state index contributed by atoms with van der Waals surface area (Å²) >= 11 is 6.00. The van der Waals surface area contributed by atoms with E-state index in [4.69, 9.17) is 16.3 Å². The van der Waals surface area contributed by atoms with Crippen molar-refractivity contribution in [3.05, 3.63) is 46.6 Å². The summed E-state index contributed by atoms with van der Waals surface area (Å²) in [4.78, 5) is 17.8. The van der Waals surface area contributed by atoms with Crippen LogP contribution in [-0.4, -0.2) is 56.4 Å². The first kappa shape index (κ1) is 20.8. The standard InChI is InChI=1S/C19H18ClF2N3O4S/c1-12-8-14(2-3-15(12)20)30(27,28)25-6-7-29-17-16(25)9-13(10-23-17)18(26)24-5-4-19(21,22)11-24/h2-3,8-10H,4-7,11H2,1H3. The number of nitrogens with zero attached hydrogens (tertiary/aromatic N) is 3. The second-order valence-electron chi connectivity index (χ2n) is 7.22. The van der Waals surface area contributed by atoms with Gasteiger partial charge in [-0.3, -0.25) is 9.10 Å². The molecule has 0 spiro atoms. The highest BCUT2D eigenvalue weighted by molar-refractivity contribution is 7.92. The van der Waals surface area contributed by atoms with E-state index < -0.39 is 34.8 Å². The maximum absolute atomic E-state index is 13.5. The fraction of sp³-hybridized carbons (Fsp3) is 0.368. The predicted molar refractivity (Wildman–Crippen MR) is 106 cm³/mol. The molecule has 30 heavy (non-hydrogen) atoms. The number of amides is 1. The zero-order valence-corrected chi connectivity index (χ0v) is 17.5. The van der Waals surface area contributed by atoms with Gasteiger partial charge in [-0.05, 0) is 36.8 Å². The van der Waals surface area contributed by atoms with Crippen LogP contribution in [0.3, 0.4) is 0 Å². The number of alkyl halides is 2. The van der Waals surface area contributed by atoms with Crippen LogP contribution < -0.4 is 9.04 Å². The fourth-order valence-electron chi connectivity index (χ4n) is 3.44. The van der Waals surface area contributed by atoms with E-state index in [2.05, 4.69) is 4.98 Å². The number of carbonyl (C=O) groups is 1. The van der Waals surface area contributed by atoms with Crippen LogP contribution >= 0.6 is 11.6 Å². The Bertz CT molecular complexity index is 1130. The van der Waals surface area contributed by atoms with Crippen molar-refractivity contribution in [1.82, 2.24) is 9.88 Å². The first-order valence-electron chi connectivity index (χ1n) is 9.17. The van der Waals surface area contributed by atoms with E-state index >= 15 is 0 Å². The van der Waals surface area contributed by atoms with Crippen LogP contribution in [0.1, 0.15) is 22.3 Å². The molecule has 1 saturated heterocycles. The van der Waals surface area contributed by atoms with E-state index in [0.717, 1.165) is 9.21 Å². The highest BCUT2D eigenvalue weighted by Crippen LogP contribution is 2.36. The Balaban J connectivity index is 1.70. The number of aryl methyl sites for hydroxylation is 1. The van der Waals surface area contributed by atoms with Crippen molar-refractivity contribution in [1.29, 1.82) is 0 Å². The predicted octanol–water partition coefficient (Wildman–Crippen LogP) is 3.11. The van der Waals surface area contributed by atoms with Crippen molar-refractivity contribution in [2.45, 2.75) is 24.2 Å². The van der Waals surface area contributed by atoms with Gasteiger partial charge in [0.05, 0.1) is 23.5 Å². The van der Waals surface area contributed by atoms with Gasteiger partial charge in [0.1, 0.15) is 12.3 Å². The molecule has 4 rings (SSSR count). The number of aromatic nitrogens is 1. The molecule has 0 unspecified atom stereocenters. The summed E-state index contributed by atoms with van der Waals surface area (Å²) in [6, 6.07) is 5.67. The van der Waals surface area contributed by atoms with Gasteiger partial charge in [0.2, 0.25) is 5.88 Å². The zero-order chi connectivity index (χ0) is 21.7. The number of hydrogen-bond acceptors (Lipinski definition) is 5. The van der Waals surface area contributed by atoms with Crippen LogP contribution in [0.25, 0.3) is 0 Å². The summed E-state index contributed by atoms with van der Waals surface area (Å²) in [6.45, 7) is 1.03. The Morgan fingerprint density at radius 3 is 2.70 bits per heavy atom. The Kier molecular flexibility index (Phi) is 5.09. The van der Waals surface area contributed by atoms with Crippen molar-refractivity contribution in [2.75, 3.05) is 30.5 Å². The summed E-state index contributed by atoms with van der Waals surface area (Å²) in [5.41, 5.74) is 0.707. The van der Waals surface area contributed by atoms with E-state index in [1.807, 2.05) is 0 Å². The van der Waals surface area contributed by atoms with Crippen LogP contribution in [0.4, 0.5) is 14.5 Å². The Hall–Kier alpha value is -2.46. The van der Waals surface area contributed by atoms with Gasteiger partial charge in [-0.1, -0.05) is 11.6 Å². The van der Waals surface area contributed by atoms with Crippen LogP contribution in [0, 0.1) is 6.92 Å². The van der Waals surface area contributed by atoms with E-state index in [0.29, 0.717) is 10.6 Å². The van der Waals surface area contributed by atoms with Gasteiger partial charge in [0, 0.05) is 24.2 Å². The van der Waals surface area contributed by atoms with Gasteiger partial charge in [-0.15, -0.1) is 0 Å². The van der Waals surface area contributed by atoms with Crippen LogP contribution in [0.5, 0.6) is 5.88 Å². The Morgan fingerprint density at radius 1 is 1.27 bits per heavy atom. The van der Waals surface area contributed by atoms with Gasteiger partial charge in [-0.25, -0.2) is 22.2 Å². The average Bonchev–Trinajstić information content (AvgIpc) is 3.08.